The Bertz CT molecular complexity index is 1290. The third-order valence-corrected chi connectivity index (χ3v) is 14.4. The lowest BCUT2D eigenvalue weighted by Crippen LogP contribution is -2.65. The molecule has 2 heterocycles. The second-order valence-electron chi connectivity index (χ2n) is 20.8. The maximum Gasteiger partial charge on any atom is 0.220 e. The van der Waals surface area contributed by atoms with Crippen molar-refractivity contribution in [1.82, 2.24) is 5.32 Å². The monoisotopic (exact) mass is 1010 g/mol. The average molecular weight is 1010 g/mol. The summed E-state index contributed by atoms with van der Waals surface area (Å²) >= 11 is 0. The normalized spacial score (nSPS) is 25.9. The lowest BCUT2D eigenvalue weighted by atomic mass is 9.97. The van der Waals surface area contributed by atoms with Crippen LogP contribution in [0.4, 0.5) is 0 Å². The first kappa shape index (κ1) is 65.6. The van der Waals surface area contributed by atoms with E-state index in [0.29, 0.717) is 12.8 Å². The number of aliphatic hydroxyl groups excluding tert-OH is 8. The third kappa shape index (κ3) is 30.0. The minimum atomic E-state index is -1.79. The molecule has 0 aliphatic carbocycles. The molecule has 14 nitrogen and oxygen atoms in total. The Morgan fingerprint density at radius 2 is 0.901 bits per heavy atom. The zero-order valence-corrected chi connectivity index (χ0v) is 44.7. The van der Waals surface area contributed by atoms with Crippen LogP contribution in [0.15, 0.2) is 24.3 Å². The summed E-state index contributed by atoms with van der Waals surface area (Å²) < 4.78 is 22.7. The Morgan fingerprint density at radius 3 is 1.38 bits per heavy atom. The fraction of sp³-hybridized carbons (Fsp3) is 0.912. The van der Waals surface area contributed by atoms with Gasteiger partial charge in [-0.3, -0.25) is 4.79 Å². The largest absolute Gasteiger partial charge is 0.394 e. The number of hydrogen-bond acceptors (Lipinski definition) is 13. The first-order valence-corrected chi connectivity index (χ1v) is 29.1. The van der Waals surface area contributed by atoms with Crippen molar-refractivity contribution in [3.05, 3.63) is 24.3 Å². The maximum absolute atomic E-state index is 13.2. The molecule has 0 aromatic carbocycles. The Morgan fingerprint density at radius 1 is 0.493 bits per heavy atom. The molecule has 2 aliphatic heterocycles. The minimum absolute atomic E-state index is 0.246. The van der Waals surface area contributed by atoms with E-state index in [2.05, 4.69) is 31.3 Å². The maximum atomic E-state index is 13.2. The number of aliphatic hydroxyl groups is 8. The number of hydrogen-bond donors (Lipinski definition) is 9. The molecule has 0 spiro atoms. The number of ether oxygens (including phenoxy) is 4. The standard InChI is InChI=1S/C57H107NO13/c1-3-5-7-9-11-13-15-17-18-19-20-21-22-23-24-25-26-27-28-29-31-33-35-37-39-41-49(62)58-45(46(61)40-38-36-34-32-30-16-14-12-10-8-6-4-2)44-68-56-54(67)52(65)55(48(43-60)70-56)71-57-53(66)51(64)50(63)47(42-59)69-57/h30,32,38,40,45-48,50-57,59-61,63-67H,3-29,31,33-37,39,41-44H2,1-2H3,(H,58,62)/b32-30+,40-38+. The molecular formula is C57H107NO13. The summed E-state index contributed by atoms with van der Waals surface area (Å²) in [4.78, 5) is 13.2. The van der Waals surface area contributed by atoms with Gasteiger partial charge in [-0.15, -0.1) is 0 Å². The molecule has 0 saturated carbocycles. The first-order chi connectivity index (χ1) is 34.6. The van der Waals surface area contributed by atoms with Crippen molar-refractivity contribution in [1.29, 1.82) is 0 Å². The molecule has 14 heteroatoms. The van der Waals surface area contributed by atoms with E-state index < -0.39 is 86.8 Å². The average Bonchev–Trinajstić information content (AvgIpc) is 3.37. The van der Waals surface area contributed by atoms with Gasteiger partial charge in [-0.2, -0.15) is 0 Å². The number of nitrogens with one attached hydrogen (secondary N) is 1. The van der Waals surface area contributed by atoms with Crippen molar-refractivity contribution < 1.29 is 64.6 Å². The van der Waals surface area contributed by atoms with Crippen LogP contribution in [-0.2, 0) is 23.7 Å². The molecule has 2 fully saturated rings. The number of rotatable bonds is 46. The lowest BCUT2D eigenvalue weighted by molar-refractivity contribution is -0.359. The van der Waals surface area contributed by atoms with E-state index in [1.54, 1.807) is 6.08 Å². The fourth-order valence-electron chi connectivity index (χ4n) is 9.66. The molecule has 2 rings (SSSR count). The quantitative estimate of drug-likeness (QED) is 0.0205. The summed E-state index contributed by atoms with van der Waals surface area (Å²) in [7, 11) is 0. The summed E-state index contributed by atoms with van der Waals surface area (Å²) in [5.74, 6) is -0.246. The zero-order valence-electron chi connectivity index (χ0n) is 44.7. The van der Waals surface area contributed by atoms with Crippen LogP contribution in [0.3, 0.4) is 0 Å². The summed E-state index contributed by atoms with van der Waals surface area (Å²) in [5.41, 5.74) is 0. The van der Waals surface area contributed by atoms with Crippen molar-refractivity contribution in [2.24, 2.45) is 0 Å². The van der Waals surface area contributed by atoms with Crippen LogP contribution in [-0.4, -0.2) is 140 Å². The van der Waals surface area contributed by atoms with E-state index in [1.165, 1.54) is 173 Å². The van der Waals surface area contributed by atoms with Gasteiger partial charge >= 0.3 is 0 Å². The van der Waals surface area contributed by atoms with Crippen LogP contribution in [0.25, 0.3) is 0 Å². The topological polar surface area (TPSA) is 228 Å². The summed E-state index contributed by atoms with van der Waals surface area (Å²) in [6.07, 6.45) is 33.8. The first-order valence-electron chi connectivity index (χ1n) is 29.1. The van der Waals surface area contributed by atoms with Gasteiger partial charge in [-0.25, -0.2) is 0 Å². The molecule has 0 aromatic heterocycles. The Kier molecular flexibility index (Phi) is 40.4. The summed E-state index contributed by atoms with van der Waals surface area (Å²) in [5, 5.41) is 86.8. The predicted molar refractivity (Wildman–Crippen MR) is 282 cm³/mol. The molecule has 9 N–H and O–H groups in total. The second-order valence-corrected chi connectivity index (χ2v) is 20.8. The molecule has 2 saturated heterocycles. The van der Waals surface area contributed by atoms with E-state index in [-0.39, 0.29) is 18.9 Å². The minimum Gasteiger partial charge on any atom is -0.394 e. The van der Waals surface area contributed by atoms with Gasteiger partial charge < -0.3 is 65.1 Å². The van der Waals surface area contributed by atoms with Crippen molar-refractivity contribution in [3.63, 3.8) is 0 Å². The van der Waals surface area contributed by atoms with Crippen LogP contribution in [0.1, 0.15) is 239 Å². The summed E-state index contributed by atoms with van der Waals surface area (Å²) in [6.45, 7) is 2.77. The number of unbranched alkanes of at least 4 members (excludes halogenated alkanes) is 31. The van der Waals surface area contributed by atoms with E-state index in [0.717, 1.165) is 32.1 Å². The second kappa shape index (κ2) is 43.7. The molecule has 2 aliphatic rings. The van der Waals surface area contributed by atoms with Crippen LogP contribution in [0, 0.1) is 0 Å². The van der Waals surface area contributed by atoms with Crippen LogP contribution in [0.5, 0.6) is 0 Å². The van der Waals surface area contributed by atoms with Crippen LogP contribution in [0.2, 0.25) is 0 Å². The van der Waals surface area contributed by atoms with Gasteiger partial charge in [0.05, 0.1) is 32.0 Å². The van der Waals surface area contributed by atoms with Gasteiger partial charge in [0.1, 0.15) is 48.8 Å². The lowest BCUT2D eigenvalue weighted by Gasteiger charge is -2.46. The molecule has 0 bridgehead atoms. The van der Waals surface area contributed by atoms with Gasteiger partial charge in [0.2, 0.25) is 5.91 Å². The molecule has 1 amide bonds. The molecular weight excluding hydrogens is 907 g/mol. The highest BCUT2D eigenvalue weighted by Gasteiger charge is 2.51. The van der Waals surface area contributed by atoms with Gasteiger partial charge in [-0.05, 0) is 32.1 Å². The highest BCUT2D eigenvalue weighted by Crippen LogP contribution is 2.30. The molecule has 418 valence electrons. The number of allylic oxidation sites excluding steroid dienone is 3. The van der Waals surface area contributed by atoms with E-state index in [1.807, 2.05) is 6.08 Å². The van der Waals surface area contributed by atoms with E-state index in [4.69, 9.17) is 18.9 Å². The van der Waals surface area contributed by atoms with Crippen LogP contribution >= 0.6 is 0 Å². The number of amides is 1. The van der Waals surface area contributed by atoms with Crippen molar-refractivity contribution in [2.45, 2.75) is 312 Å². The summed E-state index contributed by atoms with van der Waals surface area (Å²) in [6, 6.07) is -0.926. The van der Waals surface area contributed by atoms with Gasteiger partial charge in [0.25, 0.3) is 0 Å². The molecule has 0 aromatic rings. The number of carbonyl (C=O) groups is 1. The predicted octanol–water partition coefficient (Wildman–Crippen LogP) is 9.28. The van der Waals surface area contributed by atoms with Gasteiger partial charge in [0, 0.05) is 6.42 Å². The van der Waals surface area contributed by atoms with Crippen molar-refractivity contribution in [2.75, 3.05) is 19.8 Å². The van der Waals surface area contributed by atoms with E-state index in [9.17, 15) is 45.6 Å². The van der Waals surface area contributed by atoms with Crippen molar-refractivity contribution in [3.8, 4) is 0 Å². The highest BCUT2D eigenvalue weighted by atomic mass is 16.7. The molecule has 0 radical (unpaired) electrons. The van der Waals surface area contributed by atoms with Crippen molar-refractivity contribution >= 4 is 5.91 Å². The third-order valence-electron chi connectivity index (χ3n) is 14.4. The fourth-order valence-corrected chi connectivity index (χ4v) is 9.66. The Balaban J connectivity index is 1.72. The molecule has 12 atom stereocenters. The smallest absolute Gasteiger partial charge is 0.220 e. The molecule has 12 unspecified atom stereocenters. The van der Waals surface area contributed by atoms with Crippen LogP contribution < -0.4 is 5.32 Å². The van der Waals surface area contributed by atoms with Gasteiger partial charge in [-0.1, -0.05) is 224 Å². The van der Waals surface area contributed by atoms with E-state index >= 15 is 0 Å². The Labute approximate surface area is 430 Å². The highest BCUT2D eigenvalue weighted by molar-refractivity contribution is 5.76. The van der Waals surface area contributed by atoms with Gasteiger partial charge in [0.15, 0.2) is 12.6 Å². The SMILES string of the molecule is CCCCCCCC/C=C/CC/C=C/C(O)C(COC1OC(CO)C(OC2OC(CO)C(O)C(O)C2O)C(O)C1O)NC(=O)CCCCCCCCCCCCCCCCCCCCCCCCCCC. The molecule has 71 heavy (non-hydrogen) atoms. The number of carbonyl (C=O) groups excluding carboxylic acids is 1. The Hall–Kier alpha value is -1.53. The zero-order chi connectivity index (χ0) is 51.7.